The van der Waals surface area contributed by atoms with Crippen LogP contribution in [0.1, 0.15) is 17.0 Å². The van der Waals surface area contributed by atoms with Gasteiger partial charge in [0.2, 0.25) is 11.9 Å². The van der Waals surface area contributed by atoms with Gasteiger partial charge in [0.1, 0.15) is 5.82 Å². The zero-order valence-electron chi connectivity index (χ0n) is 17.4. The summed E-state index contributed by atoms with van der Waals surface area (Å²) < 4.78 is 13.1. The van der Waals surface area contributed by atoms with Crippen molar-refractivity contribution in [3.63, 3.8) is 0 Å². The molecule has 0 radical (unpaired) electrons. The number of hydrogen-bond donors (Lipinski definition) is 3. The molecule has 10 heteroatoms. The van der Waals surface area contributed by atoms with Crippen LogP contribution in [0.3, 0.4) is 0 Å². The second-order valence-electron chi connectivity index (χ2n) is 6.91. The summed E-state index contributed by atoms with van der Waals surface area (Å²) in [5.41, 5.74) is 3.20. The lowest BCUT2D eigenvalue weighted by Crippen LogP contribution is -2.39. The predicted molar refractivity (Wildman–Crippen MR) is 133 cm³/mol. The fraction of sp³-hybridized carbons (Fsp3) is 0.182. The molecule has 0 bridgehead atoms. The zero-order valence-corrected chi connectivity index (χ0v) is 19.7. The number of nitrogens with one attached hydrogen (secondary N) is 3. The molecule has 3 N–H and O–H groups in total. The highest BCUT2D eigenvalue weighted by atomic mass is 35.5. The van der Waals surface area contributed by atoms with Gasteiger partial charge in [-0.25, -0.2) is 14.4 Å². The fourth-order valence-electron chi connectivity index (χ4n) is 2.80. The molecule has 0 aliphatic carbocycles. The average molecular weight is 491 g/mol. The maximum Gasteiger partial charge on any atom is 0.229 e. The number of anilines is 2. The van der Waals surface area contributed by atoms with E-state index < -0.39 is 0 Å². The van der Waals surface area contributed by atoms with Crippen LogP contribution in [0.25, 0.3) is 0 Å². The third-order valence-electron chi connectivity index (χ3n) is 4.21. The monoisotopic (exact) mass is 490 g/mol. The molecule has 0 unspecified atom stereocenters. The highest BCUT2D eigenvalue weighted by Gasteiger charge is 2.09. The summed E-state index contributed by atoms with van der Waals surface area (Å²) in [6.07, 6.45) is 0.615. The number of rotatable bonds is 5. The minimum absolute atomic E-state index is 0.270. The van der Waals surface area contributed by atoms with Crippen molar-refractivity contribution < 1.29 is 4.39 Å². The molecule has 0 atom stereocenters. The highest BCUT2D eigenvalue weighted by molar-refractivity contribution is 7.80. The van der Waals surface area contributed by atoms with Crippen molar-refractivity contribution in [2.75, 3.05) is 17.2 Å². The number of hydrogen-bond acceptors (Lipinski definition) is 4. The van der Waals surface area contributed by atoms with E-state index in [0.29, 0.717) is 40.6 Å². The Hall–Kier alpha value is -2.81. The van der Waals surface area contributed by atoms with E-state index in [-0.39, 0.29) is 10.9 Å². The number of guanidine groups is 1. The highest BCUT2D eigenvalue weighted by Crippen LogP contribution is 2.25. The van der Waals surface area contributed by atoms with E-state index in [1.807, 2.05) is 19.9 Å². The topological polar surface area (TPSA) is 74.2 Å². The first-order chi connectivity index (χ1) is 15.3. The van der Waals surface area contributed by atoms with Crippen LogP contribution < -0.4 is 16.0 Å². The molecule has 2 aromatic carbocycles. The summed E-state index contributed by atoms with van der Waals surface area (Å²) in [4.78, 5) is 13.3. The normalized spacial score (nSPS) is 11.2. The minimum Gasteiger partial charge on any atom is -0.331 e. The van der Waals surface area contributed by atoms with Gasteiger partial charge in [0.05, 0.1) is 10.7 Å². The first-order valence-electron chi connectivity index (χ1n) is 9.70. The molecule has 6 nitrogen and oxygen atoms in total. The largest absolute Gasteiger partial charge is 0.331 e. The van der Waals surface area contributed by atoms with Crippen molar-refractivity contribution >= 4 is 58.1 Å². The summed E-state index contributed by atoms with van der Waals surface area (Å²) in [6.45, 7) is 4.19. The maximum atomic E-state index is 13.1. The van der Waals surface area contributed by atoms with Crippen LogP contribution in [0.4, 0.5) is 16.0 Å². The zero-order chi connectivity index (χ0) is 23.1. The second kappa shape index (κ2) is 11.2. The number of aromatic nitrogens is 2. The molecular weight excluding hydrogens is 470 g/mol. The lowest BCUT2D eigenvalue weighted by Gasteiger charge is -2.15. The van der Waals surface area contributed by atoms with E-state index in [0.717, 1.165) is 17.0 Å². The van der Waals surface area contributed by atoms with E-state index in [4.69, 9.17) is 35.4 Å². The number of aliphatic imine (C=N–C) groups is 1. The lowest BCUT2D eigenvalue weighted by molar-refractivity contribution is 0.627. The maximum absolute atomic E-state index is 13.1. The lowest BCUT2D eigenvalue weighted by atomic mass is 10.1. The number of benzene rings is 2. The molecule has 0 saturated heterocycles. The number of halogens is 3. The minimum atomic E-state index is -0.273. The van der Waals surface area contributed by atoms with Gasteiger partial charge in [0.15, 0.2) is 5.11 Å². The van der Waals surface area contributed by atoms with Gasteiger partial charge in [0, 0.05) is 23.0 Å². The molecule has 166 valence electrons. The van der Waals surface area contributed by atoms with Gasteiger partial charge in [-0.3, -0.25) is 10.3 Å². The third kappa shape index (κ3) is 7.40. The molecule has 0 spiro atoms. The first-order valence-corrected chi connectivity index (χ1v) is 10.9. The van der Waals surface area contributed by atoms with Crippen LogP contribution in [0, 0.1) is 19.7 Å². The first kappa shape index (κ1) is 23.8. The van der Waals surface area contributed by atoms with Gasteiger partial charge >= 0.3 is 0 Å². The van der Waals surface area contributed by atoms with Gasteiger partial charge in [-0.2, -0.15) is 0 Å². The smallest absolute Gasteiger partial charge is 0.229 e. The van der Waals surface area contributed by atoms with Crippen LogP contribution in [0.2, 0.25) is 10.0 Å². The number of aryl methyl sites for hydroxylation is 2. The van der Waals surface area contributed by atoms with Gasteiger partial charge in [-0.05, 0) is 74.4 Å². The molecular formula is C22H21Cl2FN6S. The molecule has 1 aromatic heterocycles. The van der Waals surface area contributed by atoms with Crippen molar-refractivity contribution in [1.29, 1.82) is 0 Å². The fourth-order valence-corrected chi connectivity index (χ4v) is 3.46. The quantitative estimate of drug-likeness (QED) is 0.247. The van der Waals surface area contributed by atoms with E-state index in [1.54, 1.807) is 30.3 Å². The summed E-state index contributed by atoms with van der Waals surface area (Å²) in [6, 6.07) is 13.2. The van der Waals surface area contributed by atoms with Gasteiger partial charge in [0.25, 0.3) is 0 Å². The van der Waals surface area contributed by atoms with Crippen molar-refractivity contribution in [3.8, 4) is 0 Å². The Bertz CT molecular complexity index is 1120. The van der Waals surface area contributed by atoms with Gasteiger partial charge in [-0.1, -0.05) is 35.3 Å². The Labute approximate surface area is 201 Å². The number of nitrogens with zero attached hydrogens (tertiary/aromatic N) is 3. The Balaban J connectivity index is 1.73. The molecule has 0 aliphatic rings. The SMILES string of the molecule is Cc1cc(C)nc(NC(=NCCc2ccc(F)cc2)NC(=S)Nc2ccc(Cl)cc2Cl)n1. The Kier molecular flexibility index (Phi) is 8.33. The van der Waals surface area contributed by atoms with Crippen LogP contribution in [-0.4, -0.2) is 27.6 Å². The molecule has 0 amide bonds. The van der Waals surface area contributed by atoms with Crippen molar-refractivity contribution in [2.24, 2.45) is 4.99 Å². The summed E-state index contributed by atoms with van der Waals surface area (Å²) >= 11 is 17.6. The van der Waals surface area contributed by atoms with E-state index in [2.05, 4.69) is 30.9 Å². The number of thiocarbonyl (C=S) groups is 1. The summed E-state index contributed by atoms with van der Waals surface area (Å²) in [7, 11) is 0. The van der Waals surface area contributed by atoms with Crippen LogP contribution >= 0.6 is 35.4 Å². The average Bonchev–Trinajstić information content (AvgIpc) is 2.71. The second-order valence-corrected chi connectivity index (χ2v) is 8.16. The summed E-state index contributed by atoms with van der Waals surface area (Å²) in [5, 5.41) is 10.3. The molecule has 0 saturated carbocycles. The van der Waals surface area contributed by atoms with Crippen molar-refractivity contribution in [2.45, 2.75) is 20.3 Å². The summed E-state index contributed by atoms with van der Waals surface area (Å²) in [5.74, 6) is 0.480. The predicted octanol–water partition coefficient (Wildman–Crippen LogP) is 5.54. The molecule has 0 aliphatic heterocycles. The van der Waals surface area contributed by atoms with Gasteiger partial charge in [-0.15, -0.1) is 0 Å². The Morgan fingerprint density at radius 1 is 1.00 bits per heavy atom. The van der Waals surface area contributed by atoms with Crippen molar-refractivity contribution in [3.05, 3.63) is 81.3 Å². The molecule has 0 fully saturated rings. The van der Waals surface area contributed by atoms with Gasteiger partial charge < -0.3 is 10.6 Å². The van der Waals surface area contributed by atoms with Crippen molar-refractivity contribution in [1.82, 2.24) is 15.3 Å². The standard InChI is InChI=1S/C22H21Cl2FN6S/c1-13-11-14(2)28-21(27-13)30-20(26-10-9-15-3-6-17(25)7-4-15)31-22(32)29-19-8-5-16(23)12-18(19)24/h3-8,11-12H,9-10H2,1-2H3,(H3,26,27,28,29,30,31,32). The molecule has 32 heavy (non-hydrogen) atoms. The van der Waals surface area contributed by atoms with E-state index in [1.165, 1.54) is 12.1 Å². The molecule has 3 rings (SSSR count). The van der Waals surface area contributed by atoms with E-state index >= 15 is 0 Å². The third-order valence-corrected chi connectivity index (χ3v) is 4.96. The Morgan fingerprint density at radius 2 is 1.69 bits per heavy atom. The molecule has 1 heterocycles. The van der Waals surface area contributed by atoms with E-state index in [9.17, 15) is 4.39 Å². The van der Waals surface area contributed by atoms with Crippen LogP contribution in [0.15, 0.2) is 53.5 Å². The van der Waals surface area contributed by atoms with Crippen LogP contribution in [-0.2, 0) is 6.42 Å². The Morgan fingerprint density at radius 3 is 2.34 bits per heavy atom. The molecule has 3 aromatic rings. The van der Waals surface area contributed by atoms with Crippen LogP contribution in [0.5, 0.6) is 0 Å².